The monoisotopic (exact) mass is 272 g/mol. The van der Waals surface area contributed by atoms with E-state index in [2.05, 4.69) is 24.5 Å². The van der Waals surface area contributed by atoms with Crippen LogP contribution in [0.5, 0.6) is 0 Å². The first kappa shape index (κ1) is 17.7. The Labute approximate surface area is 116 Å². The molecule has 0 bridgehead atoms. The first-order valence-electron chi connectivity index (χ1n) is 7.24. The number of hydrogen-bond donors (Lipinski definition) is 3. The highest BCUT2D eigenvalue weighted by atomic mass is 16.4. The number of unbranched alkanes of at least 4 members (excludes halogenated alkanes) is 3. The molecule has 1 atom stereocenters. The quantitative estimate of drug-likeness (QED) is 0.535. The molecule has 5 heteroatoms. The van der Waals surface area contributed by atoms with Crippen LogP contribution in [0.3, 0.4) is 0 Å². The van der Waals surface area contributed by atoms with Gasteiger partial charge in [-0.2, -0.15) is 0 Å². The van der Waals surface area contributed by atoms with Gasteiger partial charge in [0, 0.05) is 6.54 Å². The Bertz CT molecular complexity index is 267. The molecular formula is C14H28N2O3. The van der Waals surface area contributed by atoms with Gasteiger partial charge < -0.3 is 15.7 Å². The third kappa shape index (κ3) is 10.4. The molecule has 0 unspecified atom stereocenters. The molecule has 0 rings (SSSR count). The summed E-state index contributed by atoms with van der Waals surface area (Å²) in [5.74, 6) is -0.239. The highest BCUT2D eigenvalue weighted by Gasteiger charge is 2.16. The van der Waals surface area contributed by atoms with Crippen LogP contribution in [0.25, 0.3) is 0 Å². The molecule has 0 aliphatic carbocycles. The van der Waals surface area contributed by atoms with Crippen LogP contribution in [0.1, 0.15) is 59.3 Å². The number of carbonyl (C=O) groups is 2. The van der Waals surface area contributed by atoms with Crippen molar-refractivity contribution in [2.75, 3.05) is 6.54 Å². The predicted molar refractivity (Wildman–Crippen MR) is 76.2 cm³/mol. The van der Waals surface area contributed by atoms with Gasteiger partial charge >= 0.3 is 12.0 Å². The minimum atomic E-state index is -0.994. The fourth-order valence-corrected chi connectivity index (χ4v) is 1.78. The standard InChI is InChI=1S/C14H28N2O3/c1-4-12(13(17)18)16-14(19)15-10-8-6-5-7-9-11(2)3/h11-12H,4-10H2,1-3H3,(H,17,18)(H2,15,16,19)/t12-/m1/s1. The summed E-state index contributed by atoms with van der Waals surface area (Å²) in [5.41, 5.74) is 0. The normalized spacial score (nSPS) is 12.2. The van der Waals surface area contributed by atoms with E-state index in [9.17, 15) is 9.59 Å². The number of urea groups is 1. The van der Waals surface area contributed by atoms with Gasteiger partial charge in [-0.3, -0.25) is 0 Å². The van der Waals surface area contributed by atoms with E-state index in [1.807, 2.05) is 0 Å². The fraction of sp³-hybridized carbons (Fsp3) is 0.857. The van der Waals surface area contributed by atoms with Crippen LogP contribution in [0, 0.1) is 5.92 Å². The molecule has 0 aliphatic heterocycles. The van der Waals surface area contributed by atoms with Crippen molar-refractivity contribution in [3.63, 3.8) is 0 Å². The van der Waals surface area contributed by atoms with Crippen molar-refractivity contribution in [2.24, 2.45) is 5.92 Å². The van der Waals surface area contributed by atoms with Crippen molar-refractivity contribution in [3.05, 3.63) is 0 Å². The number of aliphatic carboxylic acids is 1. The Kier molecular flexibility index (Phi) is 9.94. The fourth-order valence-electron chi connectivity index (χ4n) is 1.78. The maximum atomic E-state index is 11.4. The second kappa shape index (κ2) is 10.6. The van der Waals surface area contributed by atoms with Gasteiger partial charge in [0.05, 0.1) is 0 Å². The van der Waals surface area contributed by atoms with Crippen LogP contribution in [-0.4, -0.2) is 29.7 Å². The van der Waals surface area contributed by atoms with Crippen LogP contribution in [0.2, 0.25) is 0 Å². The smallest absolute Gasteiger partial charge is 0.326 e. The molecule has 112 valence electrons. The maximum Gasteiger partial charge on any atom is 0.326 e. The van der Waals surface area contributed by atoms with Crippen molar-refractivity contribution in [3.8, 4) is 0 Å². The molecule has 0 saturated carbocycles. The molecule has 0 aliphatic rings. The number of rotatable bonds is 10. The lowest BCUT2D eigenvalue weighted by atomic mass is 10.0. The lowest BCUT2D eigenvalue weighted by Gasteiger charge is -2.13. The van der Waals surface area contributed by atoms with Crippen LogP contribution in [0.15, 0.2) is 0 Å². The SMILES string of the molecule is CC[C@@H](NC(=O)NCCCCCCC(C)C)C(=O)O. The number of amides is 2. The second-order valence-electron chi connectivity index (χ2n) is 5.30. The summed E-state index contributed by atoms with van der Waals surface area (Å²) in [6.45, 7) is 6.77. The van der Waals surface area contributed by atoms with E-state index in [4.69, 9.17) is 5.11 Å². The van der Waals surface area contributed by atoms with Crippen molar-refractivity contribution >= 4 is 12.0 Å². The minimum Gasteiger partial charge on any atom is -0.480 e. The molecule has 0 aromatic rings. The summed E-state index contributed by atoms with van der Waals surface area (Å²) in [4.78, 5) is 22.1. The topological polar surface area (TPSA) is 78.4 Å². The summed E-state index contributed by atoms with van der Waals surface area (Å²) in [5, 5.41) is 13.9. The molecule has 5 nitrogen and oxygen atoms in total. The second-order valence-corrected chi connectivity index (χ2v) is 5.30. The molecule has 0 heterocycles. The number of hydrogen-bond acceptors (Lipinski definition) is 2. The third-order valence-electron chi connectivity index (χ3n) is 3.01. The van der Waals surface area contributed by atoms with Crippen molar-refractivity contribution in [1.82, 2.24) is 10.6 Å². The van der Waals surface area contributed by atoms with E-state index < -0.39 is 18.0 Å². The number of carbonyl (C=O) groups excluding carboxylic acids is 1. The highest BCUT2D eigenvalue weighted by molar-refractivity contribution is 5.82. The average Bonchev–Trinajstić information content (AvgIpc) is 2.34. The van der Waals surface area contributed by atoms with Gasteiger partial charge in [0.15, 0.2) is 0 Å². The Morgan fingerprint density at radius 1 is 1.11 bits per heavy atom. The van der Waals surface area contributed by atoms with Gasteiger partial charge in [-0.05, 0) is 18.8 Å². The Balaban J connectivity index is 3.51. The molecular weight excluding hydrogens is 244 g/mol. The summed E-state index contributed by atoms with van der Waals surface area (Å²) in [6, 6.07) is -1.19. The molecule has 0 aromatic heterocycles. The highest BCUT2D eigenvalue weighted by Crippen LogP contribution is 2.08. The van der Waals surface area contributed by atoms with Crippen molar-refractivity contribution < 1.29 is 14.7 Å². The first-order valence-corrected chi connectivity index (χ1v) is 7.24. The summed E-state index contributed by atoms with van der Waals surface area (Å²) < 4.78 is 0. The predicted octanol–water partition coefficient (Wildman–Crippen LogP) is 2.76. The molecule has 2 amide bonds. The Morgan fingerprint density at radius 2 is 1.74 bits per heavy atom. The van der Waals surface area contributed by atoms with E-state index in [0.29, 0.717) is 13.0 Å². The van der Waals surface area contributed by atoms with Gasteiger partial charge in [0.25, 0.3) is 0 Å². The molecule has 0 spiro atoms. The number of carboxylic acid groups (broad SMARTS) is 1. The molecule has 0 radical (unpaired) electrons. The molecule has 0 saturated heterocycles. The Morgan fingerprint density at radius 3 is 2.26 bits per heavy atom. The van der Waals surface area contributed by atoms with Crippen LogP contribution in [-0.2, 0) is 4.79 Å². The zero-order valence-electron chi connectivity index (χ0n) is 12.4. The molecule has 0 aromatic carbocycles. The minimum absolute atomic E-state index is 0.387. The largest absolute Gasteiger partial charge is 0.480 e. The van der Waals surface area contributed by atoms with E-state index in [1.165, 1.54) is 19.3 Å². The number of carboxylic acids is 1. The van der Waals surface area contributed by atoms with E-state index in [-0.39, 0.29) is 0 Å². The van der Waals surface area contributed by atoms with Gasteiger partial charge in [-0.15, -0.1) is 0 Å². The first-order chi connectivity index (χ1) is 8.97. The van der Waals surface area contributed by atoms with Crippen LogP contribution < -0.4 is 10.6 Å². The zero-order chi connectivity index (χ0) is 14.7. The van der Waals surface area contributed by atoms with Gasteiger partial charge in [0.1, 0.15) is 6.04 Å². The van der Waals surface area contributed by atoms with E-state index >= 15 is 0 Å². The molecule has 19 heavy (non-hydrogen) atoms. The molecule has 3 N–H and O–H groups in total. The zero-order valence-corrected chi connectivity index (χ0v) is 12.4. The summed E-state index contributed by atoms with van der Waals surface area (Å²) in [7, 11) is 0. The summed E-state index contributed by atoms with van der Waals surface area (Å²) >= 11 is 0. The maximum absolute atomic E-state index is 11.4. The van der Waals surface area contributed by atoms with Crippen LogP contribution in [0.4, 0.5) is 4.79 Å². The number of nitrogens with one attached hydrogen (secondary N) is 2. The summed E-state index contributed by atoms with van der Waals surface area (Å²) in [6.07, 6.45) is 6.11. The lowest BCUT2D eigenvalue weighted by Crippen LogP contribution is -2.45. The van der Waals surface area contributed by atoms with Crippen LogP contribution >= 0.6 is 0 Å². The van der Waals surface area contributed by atoms with E-state index in [0.717, 1.165) is 18.8 Å². The average molecular weight is 272 g/mol. The van der Waals surface area contributed by atoms with E-state index in [1.54, 1.807) is 6.92 Å². The van der Waals surface area contributed by atoms with Gasteiger partial charge in [0.2, 0.25) is 0 Å². The van der Waals surface area contributed by atoms with Gasteiger partial charge in [-0.25, -0.2) is 9.59 Å². The van der Waals surface area contributed by atoms with Gasteiger partial charge in [-0.1, -0.05) is 46.5 Å². The van der Waals surface area contributed by atoms with Crippen molar-refractivity contribution in [2.45, 2.75) is 65.3 Å². The Hall–Kier alpha value is -1.26. The lowest BCUT2D eigenvalue weighted by molar-refractivity contribution is -0.139. The molecule has 0 fully saturated rings. The third-order valence-corrected chi connectivity index (χ3v) is 3.01. The van der Waals surface area contributed by atoms with Crippen molar-refractivity contribution in [1.29, 1.82) is 0 Å².